The van der Waals surface area contributed by atoms with Crippen LogP contribution in [-0.2, 0) is 4.79 Å². The van der Waals surface area contributed by atoms with E-state index in [2.05, 4.69) is 10.4 Å². The van der Waals surface area contributed by atoms with Crippen LogP contribution in [-0.4, -0.2) is 21.6 Å². The summed E-state index contributed by atoms with van der Waals surface area (Å²) in [7, 11) is 0. The van der Waals surface area contributed by atoms with E-state index in [0.29, 0.717) is 5.82 Å². The lowest BCUT2D eigenvalue weighted by molar-refractivity contribution is -0.114. The third-order valence-electron chi connectivity index (χ3n) is 1.14. The summed E-state index contributed by atoms with van der Waals surface area (Å²) >= 11 is 0. The quantitative estimate of drug-likeness (QED) is 0.391. The summed E-state index contributed by atoms with van der Waals surface area (Å²) < 4.78 is 1.16. The highest BCUT2D eigenvalue weighted by atomic mass is 16.1. The maximum atomic E-state index is 10.5. The number of rotatable bonds is 1. The fourth-order valence-corrected chi connectivity index (χ4v) is 0.705. The van der Waals surface area contributed by atoms with Crippen molar-refractivity contribution in [2.24, 2.45) is 5.73 Å². The highest BCUT2D eigenvalue weighted by molar-refractivity contribution is 5.87. The Bertz CT molecular complexity index is 315. The fourth-order valence-electron chi connectivity index (χ4n) is 0.705. The monoisotopic (exact) mass is 167 g/mol. The third-order valence-corrected chi connectivity index (χ3v) is 1.14. The molecule has 0 saturated heterocycles. The predicted octanol–water partition coefficient (Wildman–Crippen LogP) is -0.417. The van der Waals surface area contributed by atoms with Crippen molar-refractivity contribution in [2.75, 3.05) is 5.32 Å². The van der Waals surface area contributed by atoms with Gasteiger partial charge in [-0.25, -0.2) is 4.68 Å². The molecule has 6 heteroatoms. The maximum Gasteiger partial charge on any atom is 0.222 e. The van der Waals surface area contributed by atoms with E-state index >= 15 is 0 Å². The van der Waals surface area contributed by atoms with Crippen LogP contribution in [0.4, 0.5) is 5.82 Å². The molecule has 0 aliphatic carbocycles. The van der Waals surface area contributed by atoms with E-state index in [1.807, 2.05) is 0 Å². The van der Waals surface area contributed by atoms with Crippen LogP contribution in [0.25, 0.3) is 0 Å². The van der Waals surface area contributed by atoms with E-state index in [-0.39, 0.29) is 11.9 Å². The summed E-state index contributed by atoms with van der Waals surface area (Å²) in [6, 6.07) is 1.56. The lowest BCUT2D eigenvalue weighted by atomic mass is 10.6. The second-order valence-corrected chi connectivity index (χ2v) is 2.21. The highest BCUT2D eigenvalue weighted by Crippen LogP contribution is 2.00. The van der Waals surface area contributed by atoms with Crippen molar-refractivity contribution < 1.29 is 4.79 Å². The molecule has 0 unspecified atom stereocenters. The Hall–Kier alpha value is -1.85. The van der Waals surface area contributed by atoms with E-state index in [1.165, 1.54) is 13.1 Å². The number of nitrogen functional groups attached to an aromatic ring is 1. The Balaban J connectivity index is 2.77. The Labute approximate surface area is 68.9 Å². The van der Waals surface area contributed by atoms with Crippen molar-refractivity contribution in [2.45, 2.75) is 6.92 Å². The largest absolute Gasteiger partial charge is 0.368 e. The zero-order chi connectivity index (χ0) is 9.14. The van der Waals surface area contributed by atoms with Gasteiger partial charge >= 0.3 is 0 Å². The number of aromatic nitrogens is 2. The number of carbonyl (C=O) groups is 1. The van der Waals surface area contributed by atoms with Crippen LogP contribution in [0.3, 0.4) is 0 Å². The Kier molecular flexibility index (Phi) is 2.09. The van der Waals surface area contributed by atoms with Gasteiger partial charge in [-0.3, -0.25) is 10.2 Å². The van der Waals surface area contributed by atoms with Gasteiger partial charge in [-0.15, -0.1) is 5.10 Å². The first-order valence-corrected chi connectivity index (χ1v) is 3.27. The van der Waals surface area contributed by atoms with Gasteiger partial charge in [0.25, 0.3) is 0 Å². The number of anilines is 1. The zero-order valence-electron chi connectivity index (χ0n) is 6.53. The summed E-state index contributed by atoms with van der Waals surface area (Å²) in [5.74, 6) is -0.00639. The molecule has 1 aromatic rings. The van der Waals surface area contributed by atoms with Crippen LogP contribution in [0.5, 0.6) is 0 Å². The molecule has 1 rings (SSSR count). The number of hydrogen-bond donors (Lipinski definition) is 3. The highest BCUT2D eigenvalue weighted by Gasteiger charge is 2.00. The number of nitrogens with zero attached hydrogens (tertiary/aromatic N) is 2. The first-order chi connectivity index (χ1) is 5.59. The molecule has 0 spiro atoms. The third kappa shape index (κ3) is 1.82. The van der Waals surface area contributed by atoms with Crippen molar-refractivity contribution >= 4 is 17.7 Å². The van der Waals surface area contributed by atoms with Gasteiger partial charge in [-0.1, -0.05) is 0 Å². The number of amides is 1. The van der Waals surface area contributed by atoms with Gasteiger partial charge in [0, 0.05) is 19.2 Å². The van der Waals surface area contributed by atoms with E-state index in [9.17, 15) is 4.79 Å². The molecule has 1 amide bonds. The van der Waals surface area contributed by atoms with Crippen LogP contribution in [0.1, 0.15) is 6.92 Å². The van der Waals surface area contributed by atoms with Crippen molar-refractivity contribution in [3.05, 3.63) is 12.3 Å². The number of nitrogens with one attached hydrogen (secondary N) is 2. The molecule has 4 N–H and O–H groups in total. The van der Waals surface area contributed by atoms with Crippen molar-refractivity contribution in [1.82, 2.24) is 9.78 Å². The zero-order valence-corrected chi connectivity index (χ0v) is 6.53. The fraction of sp³-hybridized carbons (Fsp3) is 0.167. The standard InChI is InChI=1S/C6H9N5O/c1-4(12)9-5-2-3-11(10-5)6(7)8/h2-3H,1H3,(H3,7,8)(H,9,10,12). The topological polar surface area (TPSA) is 96.8 Å². The summed E-state index contributed by atoms with van der Waals surface area (Å²) in [5, 5.41) is 13.2. The second kappa shape index (κ2) is 3.04. The molecule has 0 radical (unpaired) electrons. The first-order valence-electron chi connectivity index (χ1n) is 3.27. The van der Waals surface area contributed by atoms with Gasteiger partial charge in [-0.05, 0) is 0 Å². The SMILES string of the molecule is CC(=O)Nc1ccn(C(=N)N)n1. The number of carbonyl (C=O) groups excluding carboxylic acids is 1. The molecular formula is C6H9N5O. The van der Waals surface area contributed by atoms with Gasteiger partial charge < -0.3 is 11.1 Å². The Morgan fingerprint density at radius 1 is 1.83 bits per heavy atom. The molecule has 0 aliphatic rings. The smallest absolute Gasteiger partial charge is 0.222 e. The van der Waals surface area contributed by atoms with Gasteiger partial charge in [-0.2, -0.15) is 0 Å². The minimum atomic E-state index is -0.205. The van der Waals surface area contributed by atoms with Crippen LogP contribution in [0.2, 0.25) is 0 Å². The van der Waals surface area contributed by atoms with Crippen molar-refractivity contribution in [3.63, 3.8) is 0 Å². The van der Waals surface area contributed by atoms with Crippen LogP contribution >= 0.6 is 0 Å². The molecule has 0 aliphatic heterocycles. The lowest BCUT2D eigenvalue weighted by Gasteiger charge is -1.95. The van der Waals surface area contributed by atoms with Crippen molar-refractivity contribution in [1.29, 1.82) is 5.41 Å². The van der Waals surface area contributed by atoms with Crippen LogP contribution < -0.4 is 11.1 Å². The van der Waals surface area contributed by atoms with E-state index in [4.69, 9.17) is 11.1 Å². The molecular weight excluding hydrogens is 158 g/mol. The summed E-state index contributed by atoms with van der Waals surface area (Å²) in [6.45, 7) is 1.38. The molecule has 0 saturated carbocycles. The van der Waals surface area contributed by atoms with Crippen molar-refractivity contribution in [3.8, 4) is 0 Å². The summed E-state index contributed by atoms with van der Waals surface area (Å²) in [6.07, 6.45) is 1.49. The molecule has 0 aromatic carbocycles. The van der Waals surface area contributed by atoms with Gasteiger partial charge in [0.05, 0.1) is 0 Å². The first kappa shape index (κ1) is 8.25. The second-order valence-electron chi connectivity index (χ2n) is 2.21. The minimum absolute atomic E-state index is 0.188. The molecule has 64 valence electrons. The predicted molar refractivity (Wildman–Crippen MR) is 43.8 cm³/mol. The molecule has 6 nitrogen and oxygen atoms in total. The molecule has 1 heterocycles. The lowest BCUT2D eigenvalue weighted by Crippen LogP contribution is -2.21. The van der Waals surface area contributed by atoms with Crippen LogP contribution in [0.15, 0.2) is 12.3 Å². The molecule has 1 aromatic heterocycles. The number of hydrogen-bond acceptors (Lipinski definition) is 3. The van der Waals surface area contributed by atoms with Gasteiger partial charge in [0.2, 0.25) is 11.9 Å². The molecule has 12 heavy (non-hydrogen) atoms. The van der Waals surface area contributed by atoms with E-state index in [1.54, 1.807) is 6.07 Å². The van der Waals surface area contributed by atoms with Gasteiger partial charge in [0.1, 0.15) is 0 Å². The average Bonchev–Trinajstić information content (AvgIpc) is 2.34. The molecule has 0 fully saturated rings. The summed E-state index contributed by atoms with van der Waals surface area (Å²) in [5.41, 5.74) is 5.13. The Morgan fingerprint density at radius 2 is 2.50 bits per heavy atom. The number of nitrogens with two attached hydrogens (primary N) is 1. The van der Waals surface area contributed by atoms with E-state index in [0.717, 1.165) is 4.68 Å². The van der Waals surface area contributed by atoms with E-state index < -0.39 is 0 Å². The van der Waals surface area contributed by atoms with Crippen LogP contribution in [0, 0.1) is 5.41 Å². The normalized spacial score (nSPS) is 9.42. The average molecular weight is 167 g/mol. The maximum absolute atomic E-state index is 10.5. The molecule has 0 atom stereocenters. The molecule has 0 bridgehead atoms. The Morgan fingerprint density at radius 3 is 2.92 bits per heavy atom. The summed E-state index contributed by atoms with van der Waals surface area (Å²) in [4.78, 5) is 10.5. The minimum Gasteiger partial charge on any atom is -0.368 e. The van der Waals surface area contributed by atoms with Gasteiger partial charge in [0.15, 0.2) is 5.82 Å².